The zero-order valence-electron chi connectivity index (χ0n) is 68.4. The Morgan fingerprint density at radius 2 is 0.325 bits per heavy atom. The van der Waals surface area contributed by atoms with Gasteiger partial charge in [-0.3, -0.25) is 0 Å². The Bertz CT molecular complexity index is 1740. The topological polar surface area (TPSA) is 659 Å². The molecule has 51 nitrogen and oxygen atoms in total. The second-order valence-corrected chi connectivity index (χ2v) is 20.7. The van der Waals surface area contributed by atoms with Crippen molar-refractivity contribution in [3.63, 3.8) is 0 Å². The van der Waals surface area contributed by atoms with Crippen LogP contribution in [0.3, 0.4) is 0 Å². The minimum absolute atomic E-state index is 0.0669. The van der Waals surface area contributed by atoms with Crippen LogP contribution in [0.2, 0.25) is 0 Å². The third-order valence-corrected chi connectivity index (χ3v) is 8.09. The lowest BCUT2D eigenvalue weighted by Gasteiger charge is -2.14. The molecule has 0 fully saturated rings. The Hall–Kier alpha value is -8.14. The van der Waals surface area contributed by atoms with E-state index < -0.39 is 123 Å². The van der Waals surface area contributed by atoms with E-state index in [9.17, 15) is 47.9 Å². The molecule has 114 heavy (non-hydrogen) atoms. The fourth-order valence-corrected chi connectivity index (χ4v) is 3.69. The maximum absolute atomic E-state index is 10.9. The van der Waals surface area contributed by atoms with E-state index in [2.05, 4.69) is 137 Å². The molecule has 0 aromatic rings. The highest BCUT2D eigenvalue weighted by molar-refractivity contribution is 5.62. The Morgan fingerprint density at radius 3 is 0.439 bits per heavy atom. The number of methoxy groups -OCH3 is 10. The van der Waals surface area contributed by atoms with Gasteiger partial charge in [0.2, 0.25) is 0 Å². The van der Waals surface area contributed by atoms with Crippen LogP contribution >= 0.6 is 0 Å². The summed E-state index contributed by atoms with van der Waals surface area (Å²) in [5.41, 5.74) is 0. The first kappa shape index (κ1) is 127. The molecular formula is C63H126O51. The van der Waals surface area contributed by atoms with Crippen LogP contribution in [0, 0.1) is 0 Å². The highest BCUT2D eigenvalue weighted by Crippen LogP contribution is 1.99. The van der Waals surface area contributed by atoms with E-state index in [-0.39, 0.29) is 147 Å². The average Bonchev–Trinajstić information content (AvgIpc) is 0.982. The Balaban J connectivity index is -0.000000132. The van der Waals surface area contributed by atoms with E-state index in [0.717, 1.165) is 0 Å². The van der Waals surface area contributed by atoms with Crippen molar-refractivity contribution < 1.29 is 246 Å². The van der Waals surface area contributed by atoms with E-state index >= 15 is 0 Å². The Labute approximate surface area is 660 Å². The molecule has 0 saturated carbocycles. The first-order chi connectivity index (χ1) is 53.6. The molecule has 0 amide bonds. The lowest BCUT2D eigenvalue weighted by molar-refractivity contribution is -0.0885. The molecule has 11 atom stereocenters. The number of aliphatic hydroxyl groups is 10. The van der Waals surface area contributed by atoms with Crippen molar-refractivity contribution in [2.24, 2.45) is 0 Å². The van der Waals surface area contributed by atoms with Crippen molar-refractivity contribution >= 4 is 61.6 Å². The molecule has 0 aliphatic rings. The summed E-state index contributed by atoms with van der Waals surface area (Å²) >= 11 is 0. The third-order valence-electron chi connectivity index (χ3n) is 8.09. The molecule has 51 heteroatoms. The molecule has 11 unspecified atom stereocenters. The van der Waals surface area contributed by atoms with Crippen molar-refractivity contribution in [1.82, 2.24) is 0 Å². The fourth-order valence-electron chi connectivity index (χ4n) is 3.69. The summed E-state index contributed by atoms with van der Waals surface area (Å²) in [5, 5.41) is 86.6. The monoisotopic (exact) mass is 1700 g/mol. The molecule has 0 aromatic carbocycles. The van der Waals surface area contributed by atoms with Gasteiger partial charge in [0.25, 0.3) is 0 Å². The summed E-state index contributed by atoms with van der Waals surface area (Å²) in [6, 6.07) is 0. The summed E-state index contributed by atoms with van der Waals surface area (Å²) in [7, 11) is 14.0. The van der Waals surface area contributed by atoms with E-state index in [0.29, 0.717) is 0 Å². The number of hydrogen-bond donors (Lipinski definition) is 10. The summed E-state index contributed by atoms with van der Waals surface area (Å²) < 4.78 is 138. The standard InChI is InChI=1S/C9H18O6.9C6H12O5/c1-7(4-10)15-9(11)13-5-8(2)14-6-12-3;9*1-5(7)3-10-6(8)11-4-9-2/h7-8,10H,4-6H2,1-3H3;9*5,7H,3-4H2,1-2H3. The number of ether oxygens (including phenoxy) is 31. The molecule has 0 heterocycles. The molecule has 0 spiro atoms. The SMILES string of the molecule is COCOC(=O)OCC(C)O.COCOC(=O)OCC(C)O.COCOC(=O)OCC(C)O.COCOC(=O)OCC(C)O.COCOC(=O)OCC(C)O.COCOC(=O)OCC(C)O.COCOC(=O)OCC(C)O.COCOC(=O)OCC(C)O.COCOC(=O)OCC(C)O.COCOC(C)COC(=O)OC(C)CO. The summed E-state index contributed by atoms with van der Waals surface area (Å²) in [4.78, 5) is 105. The molecule has 684 valence electrons. The highest BCUT2D eigenvalue weighted by Gasteiger charge is 2.14. The first-order valence-corrected chi connectivity index (χ1v) is 32.8. The van der Waals surface area contributed by atoms with Crippen LogP contribution in [0.15, 0.2) is 0 Å². The fraction of sp³-hybridized carbons (Fsp3) is 0.841. The van der Waals surface area contributed by atoms with Gasteiger partial charge in [-0.1, -0.05) is 0 Å². The van der Waals surface area contributed by atoms with Crippen molar-refractivity contribution in [1.29, 1.82) is 0 Å². The van der Waals surface area contributed by atoms with Crippen molar-refractivity contribution in [3.8, 4) is 0 Å². The zero-order valence-corrected chi connectivity index (χ0v) is 68.4. The van der Waals surface area contributed by atoms with Gasteiger partial charge < -0.3 is 198 Å². The minimum atomic E-state index is -0.840. The van der Waals surface area contributed by atoms with Crippen LogP contribution in [-0.2, 0) is 147 Å². The quantitative estimate of drug-likeness (QED) is 0.0236. The van der Waals surface area contributed by atoms with E-state index in [1.165, 1.54) is 133 Å². The largest absolute Gasteiger partial charge is 0.510 e. The number of aliphatic hydroxyl groups excluding tert-OH is 10. The van der Waals surface area contributed by atoms with Gasteiger partial charge in [0.05, 0.1) is 67.6 Å². The predicted octanol–water partition coefficient (Wildman–Crippen LogP) is 1.65. The maximum atomic E-state index is 10.9. The highest BCUT2D eigenvalue weighted by atomic mass is 16.8. The molecule has 0 aliphatic heterocycles. The summed E-state index contributed by atoms with van der Waals surface area (Å²) in [6.07, 6.45) is -15.3. The number of hydrogen-bond acceptors (Lipinski definition) is 51. The van der Waals surface area contributed by atoms with Crippen molar-refractivity contribution in [3.05, 3.63) is 0 Å². The zero-order chi connectivity index (χ0) is 89.9. The normalized spacial score (nSPS) is 12.6. The number of carbonyl (C=O) groups excluding carboxylic acids is 10. The summed E-state index contributed by atoms with van der Waals surface area (Å²) in [5.74, 6) is 0. The molecular weight excluding hydrogens is 1570 g/mol. The molecule has 0 aliphatic carbocycles. The number of rotatable bonds is 43. The molecule has 10 N–H and O–H groups in total. The smallest absolute Gasteiger partial charge is 0.432 e. The van der Waals surface area contributed by atoms with Gasteiger partial charge in [-0.25, -0.2) is 47.9 Å². The van der Waals surface area contributed by atoms with Crippen LogP contribution in [0.25, 0.3) is 0 Å². The Morgan fingerprint density at radius 1 is 0.193 bits per heavy atom. The Kier molecular flexibility index (Phi) is 110. The average molecular weight is 1700 g/mol. The van der Waals surface area contributed by atoms with Gasteiger partial charge in [0, 0.05) is 71.1 Å². The first-order valence-electron chi connectivity index (χ1n) is 32.8. The molecule has 0 aromatic heterocycles. The number of carbonyl (C=O) groups is 10. The van der Waals surface area contributed by atoms with Crippen LogP contribution in [-0.4, -0.2) is 391 Å². The minimum Gasteiger partial charge on any atom is -0.432 e. The molecule has 0 rings (SSSR count). The molecule has 0 radical (unpaired) electrons. The second-order valence-electron chi connectivity index (χ2n) is 20.7. The van der Waals surface area contributed by atoms with E-state index in [4.69, 9.17) is 60.5 Å². The van der Waals surface area contributed by atoms with Crippen LogP contribution in [0.1, 0.15) is 76.2 Å². The third kappa shape index (κ3) is 142. The van der Waals surface area contributed by atoms with E-state index in [1.807, 2.05) is 0 Å². The van der Waals surface area contributed by atoms with Gasteiger partial charge >= 0.3 is 61.6 Å². The van der Waals surface area contributed by atoms with Gasteiger partial charge in [-0.2, -0.15) is 0 Å². The van der Waals surface area contributed by atoms with Gasteiger partial charge in [-0.05, 0) is 76.2 Å². The second kappa shape index (κ2) is 99.1. The van der Waals surface area contributed by atoms with Gasteiger partial charge in [-0.15, -0.1) is 0 Å². The predicted molar refractivity (Wildman–Crippen MR) is 375 cm³/mol. The van der Waals surface area contributed by atoms with Crippen LogP contribution in [0.4, 0.5) is 47.9 Å². The van der Waals surface area contributed by atoms with Gasteiger partial charge in [0.15, 0.2) is 61.1 Å². The molecule has 0 saturated heterocycles. The van der Waals surface area contributed by atoms with Crippen molar-refractivity contribution in [2.45, 2.75) is 143 Å². The maximum Gasteiger partial charge on any atom is 0.510 e. The lowest BCUT2D eigenvalue weighted by atomic mass is 10.4. The van der Waals surface area contributed by atoms with E-state index in [1.54, 1.807) is 13.8 Å². The van der Waals surface area contributed by atoms with Crippen LogP contribution in [0.5, 0.6) is 0 Å². The molecule has 0 bridgehead atoms. The summed E-state index contributed by atoms with van der Waals surface area (Å²) in [6.45, 7) is 15.0. The van der Waals surface area contributed by atoms with Gasteiger partial charge in [0.1, 0.15) is 79.0 Å². The lowest BCUT2D eigenvalue weighted by Crippen LogP contribution is -2.24. The van der Waals surface area contributed by atoms with Crippen molar-refractivity contribution in [2.75, 3.05) is 212 Å². The van der Waals surface area contributed by atoms with Crippen LogP contribution < -0.4 is 0 Å².